The average Bonchev–Trinajstić information content (AvgIpc) is 2.90. The Morgan fingerprint density at radius 2 is 1.63 bits per heavy atom. The van der Waals surface area contributed by atoms with Crippen molar-refractivity contribution in [3.63, 3.8) is 0 Å². The normalized spacial score (nSPS) is 10.8. The molecule has 0 saturated heterocycles. The average molecular weight is 482 g/mol. The molecular weight excluding hydrogens is 446 g/mol. The lowest BCUT2D eigenvalue weighted by molar-refractivity contribution is 0.298. The van der Waals surface area contributed by atoms with Gasteiger partial charge >= 0.3 is 0 Å². The molecule has 2 aromatic heterocycles. The maximum Gasteiger partial charge on any atom is 0.230 e. The van der Waals surface area contributed by atoms with E-state index in [0.29, 0.717) is 34.7 Å². The third-order valence-corrected chi connectivity index (χ3v) is 5.61. The van der Waals surface area contributed by atoms with Crippen molar-refractivity contribution >= 4 is 17.5 Å². The Morgan fingerprint density at radius 3 is 2.29 bits per heavy atom. The molecule has 0 atom stereocenters. The van der Waals surface area contributed by atoms with E-state index < -0.39 is 0 Å². The van der Waals surface area contributed by atoms with Crippen molar-refractivity contribution in [3.05, 3.63) is 36.8 Å². The first-order chi connectivity index (χ1) is 17.1. The highest BCUT2D eigenvalue weighted by atomic mass is 16.5. The molecule has 10 nitrogen and oxygen atoms in total. The van der Waals surface area contributed by atoms with Crippen molar-refractivity contribution in [1.29, 1.82) is 0 Å². The molecule has 0 radical (unpaired) electrons. The van der Waals surface area contributed by atoms with Crippen molar-refractivity contribution in [3.8, 4) is 28.6 Å². The van der Waals surface area contributed by atoms with Crippen LogP contribution in [0.3, 0.4) is 0 Å². The molecule has 0 aliphatic carbocycles. The largest absolute Gasteiger partial charge is 0.493 e. The molecular formula is C25H35N7O3. The number of hydrogen-bond acceptors (Lipinski definition) is 10. The second-order valence-corrected chi connectivity index (χ2v) is 7.76. The molecule has 0 saturated carbocycles. The molecule has 0 spiro atoms. The van der Waals surface area contributed by atoms with Crippen LogP contribution in [-0.4, -0.2) is 72.3 Å². The lowest BCUT2D eigenvalue weighted by atomic mass is 10.2. The van der Waals surface area contributed by atoms with Crippen LogP contribution in [0.1, 0.15) is 26.7 Å². The molecule has 1 aromatic carbocycles. The van der Waals surface area contributed by atoms with Crippen LogP contribution in [0.4, 0.5) is 17.5 Å². The lowest BCUT2D eigenvalue weighted by Crippen LogP contribution is -2.24. The number of benzene rings is 1. The summed E-state index contributed by atoms with van der Waals surface area (Å²) >= 11 is 0. The van der Waals surface area contributed by atoms with Gasteiger partial charge in [-0.3, -0.25) is 0 Å². The molecule has 0 unspecified atom stereocenters. The van der Waals surface area contributed by atoms with Gasteiger partial charge in [-0.05, 0) is 44.6 Å². The van der Waals surface area contributed by atoms with Gasteiger partial charge in [0.2, 0.25) is 11.7 Å². The molecule has 0 bridgehead atoms. The van der Waals surface area contributed by atoms with Gasteiger partial charge in [0.1, 0.15) is 12.1 Å². The fourth-order valence-electron chi connectivity index (χ4n) is 3.66. The van der Waals surface area contributed by atoms with E-state index in [9.17, 15) is 0 Å². The number of rotatable bonds is 14. The van der Waals surface area contributed by atoms with Crippen LogP contribution in [0.25, 0.3) is 11.4 Å². The molecule has 0 fully saturated rings. The summed E-state index contributed by atoms with van der Waals surface area (Å²) in [7, 11) is 4.71. The van der Waals surface area contributed by atoms with Crippen molar-refractivity contribution in [1.82, 2.24) is 24.8 Å². The molecule has 3 rings (SSSR count). The van der Waals surface area contributed by atoms with Crippen molar-refractivity contribution in [2.45, 2.75) is 26.7 Å². The minimum Gasteiger partial charge on any atom is -0.493 e. The molecule has 10 heteroatoms. The molecule has 0 aliphatic rings. The fourth-order valence-corrected chi connectivity index (χ4v) is 3.66. The molecule has 2 heterocycles. The summed E-state index contributed by atoms with van der Waals surface area (Å²) in [5.74, 6) is 3.32. The Balaban J connectivity index is 1.67. The molecule has 35 heavy (non-hydrogen) atoms. The van der Waals surface area contributed by atoms with E-state index in [4.69, 9.17) is 14.2 Å². The number of pyridine rings is 1. The Morgan fingerprint density at radius 1 is 0.886 bits per heavy atom. The van der Waals surface area contributed by atoms with Crippen LogP contribution in [0, 0.1) is 0 Å². The van der Waals surface area contributed by atoms with Crippen LogP contribution in [-0.2, 0) is 0 Å². The van der Waals surface area contributed by atoms with E-state index in [1.165, 1.54) is 6.33 Å². The first-order valence-electron chi connectivity index (χ1n) is 11.8. The first-order valence-corrected chi connectivity index (χ1v) is 11.8. The zero-order chi connectivity index (χ0) is 25.0. The minimum atomic E-state index is 0.395. The van der Waals surface area contributed by atoms with Gasteiger partial charge in [0.05, 0.1) is 21.3 Å². The number of ether oxygens (including phenoxy) is 3. The van der Waals surface area contributed by atoms with Crippen LogP contribution in [0.5, 0.6) is 17.2 Å². The highest BCUT2D eigenvalue weighted by Crippen LogP contribution is 2.40. The summed E-state index contributed by atoms with van der Waals surface area (Å²) in [5, 5.41) is 6.58. The summed E-state index contributed by atoms with van der Waals surface area (Å²) in [4.78, 5) is 20.0. The fraction of sp³-hybridized carbons (Fsp3) is 0.440. The quantitative estimate of drug-likeness (QED) is 0.325. The smallest absolute Gasteiger partial charge is 0.230 e. The Labute approximate surface area is 207 Å². The topological polar surface area (TPSA) is 107 Å². The maximum atomic E-state index is 5.42. The number of aromatic nitrogens is 4. The van der Waals surface area contributed by atoms with Gasteiger partial charge in [0.15, 0.2) is 17.3 Å². The monoisotopic (exact) mass is 481 g/mol. The number of nitrogens with zero attached hydrogens (tertiary/aromatic N) is 5. The standard InChI is InChI=1S/C25H35N7O3/c1-6-32(7-2)13-9-8-11-26-22-14-18(10-12-27-22)24-28-17-29-25(31-24)30-19-15-20(33-3)23(35-5)21(16-19)34-4/h10,12,14-17H,6-9,11,13H2,1-5H3,(H,26,27)(H,28,29,30,31). The number of anilines is 3. The van der Waals surface area contributed by atoms with Crippen LogP contribution < -0.4 is 24.8 Å². The summed E-state index contributed by atoms with van der Waals surface area (Å²) in [6, 6.07) is 7.41. The predicted molar refractivity (Wildman–Crippen MR) is 138 cm³/mol. The summed E-state index contributed by atoms with van der Waals surface area (Å²) < 4.78 is 16.2. The zero-order valence-electron chi connectivity index (χ0n) is 21.2. The van der Waals surface area contributed by atoms with Crippen LogP contribution >= 0.6 is 0 Å². The summed E-state index contributed by atoms with van der Waals surface area (Å²) in [6.45, 7) is 8.57. The minimum absolute atomic E-state index is 0.395. The van der Waals surface area contributed by atoms with Gasteiger partial charge < -0.3 is 29.7 Å². The Bertz CT molecular complexity index is 1050. The SMILES string of the molecule is CCN(CC)CCCCNc1cc(-c2ncnc(Nc3cc(OC)c(OC)c(OC)c3)n2)ccn1. The Kier molecular flexibility index (Phi) is 9.85. The van der Waals surface area contributed by atoms with E-state index in [2.05, 4.69) is 49.3 Å². The molecule has 0 aliphatic heterocycles. The van der Waals surface area contributed by atoms with E-state index >= 15 is 0 Å². The Hall–Kier alpha value is -3.66. The van der Waals surface area contributed by atoms with Crippen LogP contribution in [0.15, 0.2) is 36.8 Å². The van der Waals surface area contributed by atoms with E-state index in [1.807, 2.05) is 12.1 Å². The number of unbranched alkanes of at least 4 members (excludes halogenated alkanes) is 1. The molecule has 0 amide bonds. The maximum absolute atomic E-state index is 5.42. The van der Waals surface area contributed by atoms with Gasteiger partial charge in [0.25, 0.3) is 0 Å². The third kappa shape index (κ3) is 7.16. The highest BCUT2D eigenvalue weighted by molar-refractivity contribution is 5.66. The van der Waals surface area contributed by atoms with Crippen LogP contribution in [0.2, 0.25) is 0 Å². The summed E-state index contributed by atoms with van der Waals surface area (Å²) in [6.07, 6.45) is 5.46. The van der Waals surface area contributed by atoms with Gasteiger partial charge in [0, 0.05) is 36.1 Å². The van der Waals surface area contributed by atoms with Gasteiger partial charge in [-0.1, -0.05) is 13.8 Å². The number of nitrogens with one attached hydrogen (secondary N) is 2. The van der Waals surface area contributed by atoms with Gasteiger partial charge in [-0.25, -0.2) is 15.0 Å². The zero-order valence-corrected chi connectivity index (χ0v) is 21.2. The second-order valence-electron chi connectivity index (χ2n) is 7.76. The van der Waals surface area contributed by atoms with E-state index in [1.54, 1.807) is 39.7 Å². The summed E-state index contributed by atoms with van der Waals surface area (Å²) in [5.41, 5.74) is 1.54. The molecule has 3 aromatic rings. The second kappa shape index (κ2) is 13.3. The first kappa shape index (κ1) is 26.0. The molecule has 2 N–H and O–H groups in total. The van der Waals surface area contributed by atoms with E-state index in [0.717, 1.165) is 50.4 Å². The van der Waals surface area contributed by atoms with Gasteiger partial charge in [-0.2, -0.15) is 4.98 Å². The highest BCUT2D eigenvalue weighted by Gasteiger charge is 2.14. The van der Waals surface area contributed by atoms with Crippen molar-refractivity contribution in [2.24, 2.45) is 0 Å². The molecule has 188 valence electrons. The third-order valence-electron chi connectivity index (χ3n) is 5.61. The van der Waals surface area contributed by atoms with E-state index in [-0.39, 0.29) is 0 Å². The number of hydrogen-bond donors (Lipinski definition) is 2. The lowest BCUT2D eigenvalue weighted by Gasteiger charge is -2.17. The number of methoxy groups -OCH3 is 3. The van der Waals surface area contributed by atoms with Gasteiger partial charge in [-0.15, -0.1) is 0 Å². The van der Waals surface area contributed by atoms with Crippen molar-refractivity contribution in [2.75, 3.05) is 58.1 Å². The van der Waals surface area contributed by atoms with Crippen molar-refractivity contribution < 1.29 is 14.2 Å². The predicted octanol–water partition coefficient (Wildman–Crippen LogP) is 4.24.